The summed E-state index contributed by atoms with van der Waals surface area (Å²) in [6.45, 7) is -0.358. The number of imide groups is 1. The number of nitrogens with one attached hydrogen (secondary N) is 2. The number of thioether (sulfide) groups is 1. The van der Waals surface area contributed by atoms with E-state index in [1.807, 2.05) is 24.3 Å². The zero-order valence-corrected chi connectivity index (χ0v) is 22.1. The molecule has 10 nitrogen and oxygen atoms in total. The number of carbonyl (C=O) groups excluding carboxylic acids is 4. The second-order valence-corrected chi connectivity index (χ2v) is 10.2. The normalized spacial score (nSPS) is 15.1. The molecule has 0 bridgehead atoms. The number of nitrogens with zero attached hydrogens (tertiary/aromatic N) is 2. The summed E-state index contributed by atoms with van der Waals surface area (Å²) in [4.78, 5) is 52.0. The Morgan fingerprint density at radius 2 is 1.61 bits per heavy atom. The molecule has 12 heteroatoms. The van der Waals surface area contributed by atoms with E-state index >= 15 is 0 Å². The average Bonchev–Trinajstić information content (AvgIpc) is 3.63. The maximum Gasteiger partial charge on any atom is 0.294 e. The van der Waals surface area contributed by atoms with Crippen molar-refractivity contribution in [3.63, 3.8) is 0 Å². The van der Waals surface area contributed by atoms with E-state index in [0.29, 0.717) is 28.4 Å². The molecule has 6 rings (SSSR count). The summed E-state index contributed by atoms with van der Waals surface area (Å²) in [7, 11) is 0. The van der Waals surface area contributed by atoms with Crippen LogP contribution < -0.4 is 20.1 Å². The molecule has 0 radical (unpaired) electrons. The summed E-state index contributed by atoms with van der Waals surface area (Å²) in [5.41, 5.74) is 2.30. The lowest BCUT2D eigenvalue weighted by Gasteiger charge is -2.12. The van der Waals surface area contributed by atoms with Gasteiger partial charge in [0.25, 0.3) is 11.1 Å². The van der Waals surface area contributed by atoms with Crippen LogP contribution >= 0.6 is 11.8 Å². The summed E-state index contributed by atoms with van der Waals surface area (Å²) in [6.07, 6.45) is 3.32. The van der Waals surface area contributed by atoms with E-state index in [1.54, 1.807) is 35.0 Å². The maximum absolute atomic E-state index is 13.1. The molecule has 206 valence electrons. The lowest BCUT2D eigenvalue weighted by molar-refractivity contribution is -0.127. The Morgan fingerprint density at radius 3 is 2.44 bits per heavy atom. The fraction of sp³-hybridized carbons (Fsp3) is 0.103. The van der Waals surface area contributed by atoms with E-state index in [4.69, 9.17) is 9.47 Å². The topological polar surface area (TPSA) is 119 Å². The highest BCUT2D eigenvalue weighted by Gasteiger charge is 2.36. The Bertz CT molecular complexity index is 1750. The molecule has 4 aromatic rings. The van der Waals surface area contributed by atoms with Crippen LogP contribution in [-0.2, 0) is 20.9 Å². The van der Waals surface area contributed by atoms with E-state index in [0.717, 1.165) is 27.6 Å². The van der Waals surface area contributed by atoms with Crippen molar-refractivity contribution < 1.29 is 33.0 Å². The van der Waals surface area contributed by atoms with Crippen LogP contribution in [0.5, 0.6) is 11.5 Å². The molecule has 41 heavy (non-hydrogen) atoms. The van der Waals surface area contributed by atoms with Crippen LogP contribution in [0.3, 0.4) is 0 Å². The molecule has 2 N–H and O–H groups in total. The van der Waals surface area contributed by atoms with Gasteiger partial charge in [-0.1, -0.05) is 18.2 Å². The number of ether oxygens (including phenoxy) is 2. The van der Waals surface area contributed by atoms with Gasteiger partial charge in [-0.25, -0.2) is 4.39 Å². The van der Waals surface area contributed by atoms with Crippen LogP contribution in [0.2, 0.25) is 0 Å². The molecular weight excluding hydrogens is 551 g/mol. The molecule has 1 saturated heterocycles. The number of hydrogen-bond acceptors (Lipinski definition) is 7. The predicted octanol–water partition coefficient (Wildman–Crippen LogP) is 4.82. The highest BCUT2D eigenvalue weighted by molar-refractivity contribution is 8.18. The zero-order valence-electron chi connectivity index (χ0n) is 21.3. The van der Waals surface area contributed by atoms with Crippen LogP contribution in [0.4, 0.5) is 20.6 Å². The molecule has 0 unspecified atom stereocenters. The molecule has 0 atom stereocenters. The fourth-order valence-corrected chi connectivity index (χ4v) is 5.33. The summed E-state index contributed by atoms with van der Waals surface area (Å²) in [5.74, 6) is -0.758. The summed E-state index contributed by atoms with van der Waals surface area (Å²) < 4.78 is 25.5. The number of aromatic nitrogens is 1. The van der Waals surface area contributed by atoms with Gasteiger partial charge in [-0.3, -0.25) is 24.1 Å². The van der Waals surface area contributed by atoms with Gasteiger partial charge in [-0.15, -0.1) is 0 Å². The van der Waals surface area contributed by atoms with Crippen LogP contribution in [0.1, 0.15) is 5.56 Å². The molecule has 4 amide bonds. The van der Waals surface area contributed by atoms with Gasteiger partial charge in [0.1, 0.15) is 18.9 Å². The minimum atomic E-state index is -0.605. The van der Waals surface area contributed by atoms with Crippen LogP contribution in [0.25, 0.3) is 17.0 Å². The van der Waals surface area contributed by atoms with E-state index in [2.05, 4.69) is 10.6 Å². The van der Waals surface area contributed by atoms with E-state index in [1.165, 1.54) is 24.3 Å². The quantitative estimate of drug-likeness (QED) is 0.305. The van der Waals surface area contributed by atoms with Crippen molar-refractivity contribution in [1.29, 1.82) is 0 Å². The lowest BCUT2D eigenvalue weighted by atomic mass is 10.1. The Balaban J connectivity index is 1.17. The minimum Gasteiger partial charge on any atom is -0.454 e. The first kappa shape index (κ1) is 26.1. The standard InChI is InChI=1S/C29H21FN4O6S/c30-18-5-7-19(8-6-18)31-27(36)15-34-28(37)25(41-29(34)38)11-17-13-33(22-4-2-1-3-21(17)22)14-26(35)32-20-9-10-23-24(12-20)40-16-39-23/h1-13H,14-16H2,(H,31,36)(H,32,35). The van der Waals surface area contributed by atoms with Crippen molar-refractivity contribution in [2.45, 2.75) is 6.54 Å². The average molecular weight is 573 g/mol. The predicted molar refractivity (Wildman–Crippen MR) is 151 cm³/mol. The molecule has 0 aliphatic carbocycles. The van der Waals surface area contributed by atoms with Crippen molar-refractivity contribution in [3.8, 4) is 11.5 Å². The summed E-state index contributed by atoms with van der Waals surface area (Å²) in [6, 6.07) is 17.7. The third-order valence-electron chi connectivity index (χ3n) is 6.38. The smallest absolute Gasteiger partial charge is 0.294 e. The Hall–Kier alpha value is -5.10. The van der Waals surface area contributed by atoms with E-state index in [-0.39, 0.29) is 24.2 Å². The third-order valence-corrected chi connectivity index (χ3v) is 7.29. The summed E-state index contributed by atoms with van der Waals surface area (Å²) >= 11 is 0.728. The van der Waals surface area contributed by atoms with Crippen molar-refractivity contribution in [2.24, 2.45) is 0 Å². The number of benzene rings is 3. The minimum absolute atomic E-state index is 0.00612. The van der Waals surface area contributed by atoms with Crippen LogP contribution in [-0.4, -0.2) is 45.8 Å². The first-order chi connectivity index (χ1) is 19.8. The van der Waals surface area contributed by atoms with Crippen molar-refractivity contribution >= 4 is 63.1 Å². The Morgan fingerprint density at radius 1 is 0.902 bits per heavy atom. The molecule has 0 saturated carbocycles. The number of carbonyl (C=O) groups is 4. The third kappa shape index (κ3) is 5.50. The van der Waals surface area contributed by atoms with E-state index < -0.39 is 29.4 Å². The highest BCUT2D eigenvalue weighted by atomic mass is 32.2. The molecule has 1 fully saturated rings. The number of halogens is 1. The first-order valence-electron chi connectivity index (χ1n) is 12.4. The number of amides is 4. The van der Waals surface area contributed by atoms with Gasteiger partial charge in [0.05, 0.1) is 4.91 Å². The SMILES string of the molecule is O=C(CN1C(=O)SC(=Cc2cn(CC(=O)Nc3ccc4c(c3)OCO4)c3ccccc23)C1=O)Nc1ccc(F)cc1. The molecule has 3 aromatic carbocycles. The van der Waals surface area contributed by atoms with Gasteiger partial charge in [0, 0.05) is 40.1 Å². The fourth-order valence-electron chi connectivity index (χ4n) is 4.51. The number of anilines is 2. The molecule has 3 heterocycles. The monoisotopic (exact) mass is 572 g/mol. The van der Waals surface area contributed by atoms with Crippen LogP contribution in [0.15, 0.2) is 77.8 Å². The second-order valence-electron chi connectivity index (χ2n) is 9.17. The van der Waals surface area contributed by atoms with E-state index in [9.17, 15) is 23.6 Å². The zero-order chi connectivity index (χ0) is 28.5. The van der Waals surface area contributed by atoms with Crippen molar-refractivity contribution in [3.05, 3.63) is 89.2 Å². The summed E-state index contributed by atoms with van der Waals surface area (Å²) in [5, 5.41) is 5.59. The first-order valence-corrected chi connectivity index (χ1v) is 13.2. The molecule has 1 aromatic heterocycles. The van der Waals surface area contributed by atoms with Gasteiger partial charge >= 0.3 is 0 Å². The number of hydrogen-bond donors (Lipinski definition) is 2. The van der Waals surface area contributed by atoms with Gasteiger partial charge in [-0.05, 0) is 60.3 Å². The number of rotatable bonds is 7. The van der Waals surface area contributed by atoms with Crippen molar-refractivity contribution in [2.75, 3.05) is 24.0 Å². The molecule has 2 aliphatic heterocycles. The molecular formula is C29H21FN4O6S. The van der Waals surface area contributed by atoms with Crippen LogP contribution in [0, 0.1) is 5.82 Å². The number of para-hydroxylation sites is 1. The second kappa shape index (κ2) is 10.8. The maximum atomic E-state index is 13.1. The molecule has 0 spiro atoms. The number of fused-ring (bicyclic) bond motifs is 2. The van der Waals surface area contributed by atoms with Crippen molar-refractivity contribution in [1.82, 2.24) is 9.47 Å². The van der Waals surface area contributed by atoms with Gasteiger partial charge in [-0.2, -0.15) is 0 Å². The van der Waals surface area contributed by atoms with Gasteiger partial charge < -0.3 is 24.7 Å². The molecule has 2 aliphatic rings. The highest BCUT2D eigenvalue weighted by Crippen LogP contribution is 2.35. The van der Waals surface area contributed by atoms with Gasteiger partial charge in [0.15, 0.2) is 11.5 Å². The lowest BCUT2D eigenvalue weighted by Crippen LogP contribution is -2.36. The van der Waals surface area contributed by atoms with Gasteiger partial charge in [0.2, 0.25) is 18.6 Å². The Labute approximate surface area is 236 Å². The largest absolute Gasteiger partial charge is 0.454 e. The Kier molecular flexibility index (Phi) is 6.89.